The van der Waals surface area contributed by atoms with E-state index >= 15 is 0 Å². The zero-order valence-electron chi connectivity index (χ0n) is 7.66. The van der Waals surface area contributed by atoms with E-state index in [1.54, 1.807) is 12.1 Å². The molecule has 4 nitrogen and oxygen atoms in total. The van der Waals surface area contributed by atoms with Crippen LogP contribution >= 0.6 is 0 Å². The fraction of sp³-hybridized carbons (Fsp3) is 0. The molecule has 3 rings (SSSR count). The van der Waals surface area contributed by atoms with Crippen molar-refractivity contribution in [3.8, 4) is 0 Å². The number of anilines is 1. The van der Waals surface area contributed by atoms with Crippen LogP contribution in [0.15, 0.2) is 24.5 Å². The van der Waals surface area contributed by atoms with Crippen LogP contribution < -0.4 is 5.73 Å². The van der Waals surface area contributed by atoms with Crippen LogP contribution in [-0.2, 0) is 0 Å². The number of hydrogen-bond donors (Lipinski definition) is 2. The molecular weight excluding hydrogens is 195 g/mol. The highest BCUT2D eigenvalue weighted by Crippen LogP contribution is 2.28. The van der Waals surface area contributed by atoms with E-state index in [0.29, 0.717) is 21.9 Å². The summed E-state index contributed by atoms with van der Waals surface area (Å²) in [6.45, 7) is 0. The molecule has 0 atom stereocenters. The summed E-state index contributed by atoms with van der Waals surface area (Å²) in [5, 5.41) is 0.996. The third-order valence-electron chi connectivity index (χ3n) is 2.39. The maximum absolute atomic E-state index is 13.6. The quantitative estimate of drug-likeness (QED) is 0.584. The lowest BCUT2D eigenvalue weighted by molar-refractivity contribution is 0.640. The summed E-state index contributed by atoms with van der Waals surface area (Å²) in [4.78, 5) is 10.8. The number of nitrogens with two attached hydrogens (primary N) is 1. The smallest absolute Gasteiger partial charge is 0.144 e. The average molecular weight is 202 g/mol. The molecule has 0 amide bonds. The molecule has 0 radical (unpaired) electrons. The molecule has 0 aliphatic rings. The number of H-pyrrole nitrogens is 1. The molecule has 1 aromatic carbocycles. The van der Waals surface area contributed by atoms with Crippen molar-refractivity contribution in [2.45, 2.75) is 0 Å². The molecule has 0 unspecified atom stereocenters. The van der Waals surface area contributed by atoms with Crippen molar-refractivity contribution in [1.82, 2.24) is 15.0 Å². The third-order valence-corrected chi connectivity index (χ3v) is 2.39. The Bertz CT molecular complexity index is 603. The summed E-state index contributed by atoms with van der Waals surface area (Å²) in [5.74, 6) is -0.0309. The second kappa shape index (κ2) is 2.66. The third kappa shape index (κ3) is 0.999. The van der Waals surface area contributed by atoms with E-state index in [4.69, 9.17) is 5.73 Å². The number of hydrogen-bond acceptors (Lipinski definition) is 3. The Labute approximate surface area is 83.9 Å². The van der Waals surface area contributed by atoms with Gasteiger partial charge in [-0.2, -0.15) is 0 Å². The number of benzene rings is 1. The molecule has 2 heterocycles. The van der Waals surface area contributed by atoms with E-state index in [2.05, 4.69) is 15.0 Å². The number of aromatic amines is 1. The lowest BCUT2D eigenvalue weighted by Gasteiger charge is -1.95. The van der Waals surface area contributed by atoms with Crippen LogP contribution in [-0.4, -0.2) is 15.0 Å². The maximum Gasteiger partial charge on any atom is 0.144 e. The van der Waals surface area contributed by atoms with Crippen LogP contribution in [0.3, 0.4) is 0 Å². The van der Waals surface area contributed by atoms with Gasteiger partial charge in [0.05, 0.1) is 10.9 Å². The zero-order valence-corrected chi connectivity index (χ0v) is 7.66. The molecule has 0 spiro atoms. The predicted molar refractivity (Wildman–Crippen MR) is 55.8 cm³/mol. The van der Waals surface area contributed by atoms with Gasteiger partial charge in [0, 0.05) is 5.39 Å². The molecular formula is C10H7FN4. The molecule has 0 fully saturated rings. The molecule has 15 heavy (non-hydrogen) atoms. The van der Waals surface area contributed by atoms with Crippen LogP contribution in [0, 0.1) is 5.82 Å². The second-order valence-corrected chi connectivity index (χ2v) is 3.27. The van der Waals surface area contributed by atoms with Crippen molar-refractivity contribution >= 4 is 27.8 Å². The zero-order chi connectivity index (χ0) is 10.4. The summed E-state index contributed by atoms with van der Waals surface area (Å²) in [5.41, 5.74) is 6.93. The lowest BCUT2D eigenvalue weighted by atomic mass is 10.2. The fourth-order valence-electron chi connectivity index (χ4n) is 1.75. The van der Waals surface area contributed by atoms with E-state index < -0.39 is 0 Å². The molecule has 0 saturated heterocycles. The monoisotopic (exact) mass is 202 g/mol. The summed E-state index contributed by atoms with van der Waals surface area (Å²) >= 11 is 0. The van der Waals surface area contributed by atoms with Gasteiger partial charge in [0.25, 0.3) is 0 Å². The number of rotatable bonds is 0. The molecule has 0 bridgehead atoms. The van der Waals surface area contributed by atoms with Gasteiger partial charge >= 0.3 is 0 Å². The first-order chi connectivity index (χ1) is 7.27. The minimum absolute atomic E-state index is 0.288. The number of fused-ring (bicyclic) bond motifs is 3. The van der Waals surface area contributed by atoms with Gasteiger partial charge in [-0.1, -0.05) is 6.07 Å². The van der Waals surface area contributed by atoms with Crippen molar-refractivity contribution in [2.24, 2.45) is 0 Å². The van der Waals surface area contributed by atoms with Gasteiger partial charge in [-0.05, 0) is 12.1 Å². The number of nitrogens with one attached hydrogen (secondary N) is 1. The Hall–Kier alpha value is -2.17. The molecule has 2 aromatic heterocycles. The number of nitrogen functional groups attached to an aromatic ring is 1. The molecule has 0 aliphatic heterocycles. The van der Waals surface area contributed by atoms with Gasteiger partial charge < -0.3 is 10.7 Å². The molecule has 74 valence electrons. The molecule has 3 N–H and O–H groups in total. The van der Waals surface area contributed by atoms with Crippen molar-refractivity contribution in [1.29, 1.82) is 0 Å². The van der Waals surface area contributed by atoms with Gasteiger partial charge in [-0.3, -0.25) is 0 Å². The summed E-state index contributed by atoms with van der Waals surface area (Å²) in [7, 11) is 0. The Balaban J connectivity index is 2.67. The SMILES string of the molecule is Nc1ncnc2[nH]c3cccc(F)c3c12. The highest BCUT2D eigenvalue weighted by Gasteiger charge is 2.11. The summed E-state index contributed by atoms with van der Waals surface area (Å²) < 4.78 is 13.6. The first-order valence-corrected chi connectivity index (χ1v) is 4.44. The molecule has 0 saturated carbocycles. The average Bonchev–Trinajstić information content (AvgIpc) is 2.58. The normalized spacial score (nSPS) is 11.3. The van der Waals surface area contributed by atoms with Crippen LogP contribution in [0.25, 0.3) is 21.9 Å². The topological polar surface area (TPSA) is 67.6 Å². The Morgan fingerprint density at radius 2 is 2.07 bits per heavy atom. The van der Waals surface area contributed by atoms with Gasteiger partial charge in [0.2, 0.25) is 0 Å². The van der Waals surface area contributed by atoms with Crippen LogP contribution in [0.2, 0.25) is 0 Å². The first kappa shape index (κ1) is 8.16. The largest absolute Gasteiger partial charge is 0.383 e. The van der Waals surface area contributed by atoms with E-state index in [9.17, 15) is 4.39 Å². The van der Waals surface area contributed by atoms with Gasteiger partial charge in [0.1, 0.15) is 23.6 Å². The Morgan fingerprint density at radius 1 is 1.20 bits per heavy atom. The van der Waals surface area contributed by atoms with Crippen molar-refractivity contribution in [2.75, 3.05) is 5.73 Å². The lowest BCUT2D eigenvalue weighted by Crippen LogP contribution is -1.91. The van der Waals surface area contributed by atoms with Crippen molar-refractivity contribution in [3.05, 3.63) is 30.3 Å². The standard InChI is InChI=1S/C10H7FN4/c11-5-2-1-3-6-7(5)8-9(12)13-4-14-10(8)15-6/h1-4H,(H3,12,13,14,15). The predicted octanol–water partition coefficient (Wildman–Crippen LogP) is 1.83. The molecule has 3 aromatic rings. The maximum atomic E-state index is 13.6. The molecule has 0 aliphatic carbocycles. The fourth-order valence-corrected chi connectivity index (χ4v) is 1.75. The van der Waals surface area contributed by atoms with E-state index in [0.717, 1.165) is 0 Å². The van der Waals surface area contributed by atoms with Crippen molar-refractivity contribution in [3.63, 3.8) is 0 Å². The van der Waals surface area contributed by atoms with E-state index in [1.165, 1.54) is 12.4 Å². The van der Waals surface area contributed by atoms with Gasteiger partial charge in [0.15, 0.2) is 0 Å². The second-order valence-electron chi connectivity index (χ2n) is 3.27. The number of nitrogens with zero attached hydrogens (tertiary/aromatic N) is 2. The Kier molecular flexibility index (Phi) is 1.45. The first-order valence-electron chi connectivity index (χ1n) is 4.44. The van der Waals surface area contributed by atoms with E-state index in [1.807, 2.05) is 0 Å². The Morgan fingerprint density at radius 3 is 2.93 bits per heavy atom. The van der Waals surface area contributed by atoms with Crippen molar-refractivity contribution < 1.29 is 4.39 Å². The van der Waals surface area contributed by atoms with E-state index in [-0.39, 0.29) is 11.6 Å². The minimum Gasteiger partial charge on any atom is -0.383 e. The number of aromatic nitrogens is 3. The minimum atomic E-state index is -0.319. The van der Waals surface area contributed by atoms with Crippen LogP contribution in [0.1, 0.15) is 0 Å². The molecule has 5 heteroatoms. The highest BCUT2D eigenvalue weighted by atomic mass is 19.1. The highest BCUT2D eigenvalue weighted by molar-refractivity contribution is 6.10. The van der Waals surface area contributed by atoms with Gasteiger partial charge in [-0.15, -0.1) is 0 Å². The van der Waals surface area contributed by atoms with Gasteiger partial charge in [-0.25, -0.2) is 14.4 Å². The van der Waals surface area contributed by atoms with Crippen LogP contribution in [0.5, 0.6) is 0 Å². The summed E-state index contributed by atoms with van der Waals surface area (Å²) in [6.07, 6.45) is 1.35. The van der Waals surface area contributed by atoms with Crippen LogP contribution in [0.4, 0.5) is 10.2 Å². The summed E-state index contributed by atoms with van der Waals surface area (Å²) in [6, 6.07) is 4.80. The number of halogens is 1.